The molecule has 0 spiro atoms. The Bertz CT molecular complexity index is 674. The zero-order valence-corrected chi connectivity index (χ0v) is 12.4. The van der Waals surface area contributed by atoms with E-state index in [0.29, 0.717) is 17.1 Å². The Hall–Kier alpha value is -2.52. The van der Waals surface area contributed by atoms with Gasteiger partial charge in [-0.25, -0.2) is 4.79 Å². The largest absolute Gasteiger partial charge is 0.462 e. The molecule has 5 nitrogen and oxygen atoms in total. The molecule has 108 valence electrons. The summed E-state index contributed by atoms with van der Waals surface area (Å²) < 4.78 is 4.94. The van der Waals surface area contributed by atoms with Gasteiger partial charge >= 0.3 is 5.97 Å². The fraction of sp³-hybridized carbons (Fsp3) is 0.200. The number of carbonyl (C=O) groups is 1. The zero-order chi connectivity index (χ0) is 15.2. The van der Waals surface area contributed by atoms with Crippen molar-refractivity contribution in [3.63, 3.8) is 0 Å². The van der Waals surface area contributed by atoms with Crippen LogP contribution in [0.5, 0.6) is 0 Å². The van der Waals surface area contributed by atoms with E-state index in [4.69, 9.17) is 10.5 Å². The van der Waals surface area contributed by atoms with E-state index in [1.807, 2.05) is 36.4 Å². The number of benzene rings is 1. The van der Waals surface area contributed by atoms with E-state index in [0.717, 1.165) is 16.9 Å². The van der Waals surface area contributed by atoms with E-state index in [2.05, 4.69) is 5.32 Å². The van der Waals surface area contributed by atoms with E-state index in [1.165, 1.54) is 0 Å². The number of esters is 1. The minimum atomic E-state index is -0.496. The molecule has 0 amide bonds. The smallest absolute Gasteiger partial charge is 0.350 e. The van der Waals surface area contributed by atoms with Crippen molar-refractivity contribution in [1.29, 1.82) is 5.26 Å². The van der Waals surface area contributed by atoms with Crippen LogP contribution in [-0.2, 0) is 11.3 Å². The van der Waals surface area contributed by atoms with Crippen LogP contribution < -0.4 is 11.1 Å². The SMILES string of the molecule is CCOC(=O)c1sc(NCc2ccccc2)c(C#N)c1N. The lowest BCUT2D eigenvalue weighted by atomic mass is 10.2. The van der Waals surface area contributed by atoms with Crippen molar-refractivity contribution in [3.05, 3.63) is 46.3 Å². The number of thiophene rings is 1. The Morgan fingerprint density at radius 1 is 1.43 bits per heavy atom. The Kier molecular flexibility index (Phi) is 4.80. The molecule has 0 bridgehead atoms. The average Bonchev–Trinajstić information content (AvgIpc) is 2.82. The Morgan fingerprint density at radius 2 is 2.14 bits per heavy atom. The van der Waals surface area contributed by atoms with Gasteiger partial charge in [0.25, 0.3) is 0 Å². The molecule has 1 aromatic heterocycles. The molecule has 2 aromatic rings. The minimum absolute atomic E-state index is 0.177. The molecular weight excluding hydrogens is 286 g/mol. The molecule has 21 heavy (non-hydrogen) atoms. The lowest BCUT2D eigenvalue weighted by Crippen LogP contribution is -2.05. The Labute approximate surface area is 127 Å². The number of anilines is 2. The number of hydrogen-bond donors (Lipinski definition) is 2. The van der Waals surface area contributed by atoms with Crippen molar-refractivity contribution < 1.29 is 9.53 Å². The zero-order valence-electron chi connectivity index (χ0n) is 11.6. The van der Waals surface area contributed by atoms with Gasteiger partial charge in [0.2, 0.25) is 0 Å². The van der Waals surface area contributed by atoms with Gasteiger partial charge < -0.3 is 15.8 Å². The minimum Gasteiger partial charge on any atom is -0.462 e. The van der Waals surface area contributed by atoms with Gasteiger partial charge in [-0.3, -0.25) is 0 Å². The molecule has 0 atom stereocenters. The summed E-state index contributed by atoms with van der Waals surface area (Å²) in [5.74, 6) is -0.496. The third-order valence-electron chi connectivity index (χ3n) is 2.81. The van der Waals surface area contributed by atoms with Crippen LogP contribution in [0.1, 0.15) is 27.7 Å². The lowest BCUT2D eigenvalue weighted by Gasteiger charge is -2.04. The third-order valence-corrected chi connectivity index (χ3v) is 3.96. The summed E-state index contributed by atoms with van der Waals surface area (Å²) >= 11 is 1.14. The first kappa shape index (κ1) is 14.9. The van der Waals surface area contributed by atoms with Gasteiger partial charge in [0.15, 0.2) is 0 Å². The molecule has 0 radical (unpaired) electrons. The number of nitrogen functional groups attached to an aromatic ring is 1. The van der Waals surface area contributed by atoms with Gasteiger partial charge in [0, 0.05) is 6.54 Å². The first-order valence-corrected chi connectivity index (χ1v) is 7.26. The second kappa shape index (κ2) is 6.77. The first-order chi connectivity index (χ1) is 10.2. The van der Waals surface area contributed by atoms with E-state index in [1.54, 1.807) is 6.92 Å². The maximum absolute atomic E-state index is 11.8. The van der Waals surface area contributed by atoms with Gasteiger partial charge in [-0.15, -0.1) is 11.3 Å². The predicted molar refractivity (Wildman–Crippen MR) is 83.2 cm³/mol. The second-order valence-electron chi connectivity index (χ2n) is 4.22. The highest BCUT2D eigenvalue weighted by molar-refractivity contribution is 7.18. The predicted octanol–water partition coefficient (Wildman–Crippen LogP) is 2.99. The Morgan fingerprint density at radius 3 is 2.76 bits per heavy atom. The van der Waals surface area contributed by atoms with Crippen LogP contribution in [0.25, 0.3) is 0 Å². The summed E-state index contributed by atoms with van der Waals surface area (Å²) in [6.07, 6.45) is 0. The number of hydrogen-bond acceptors (Lipinski definition) is 6. The fourth-order valence-corrected chi connectivity index (χ4v) is 2.77. The Balaban J connectivity index is 2.21. The number of nitrogens with zero attached hydrogens (tertiary/aromatic N) is 1. The van der Waals surface area contributed by atoms with Crippen LogP contribution in [-0.4, -0.2) is 12.6 Å². The molecule has 1 aromatic carbocycles. The third kappa shape index (κ3) is 3.33. The van der Waals surface area contributed by atoms with Gasteiger partial charge in [-0.05, 0) is 12.5 Å². The summed E-state index contributed by atoms with van der Waals surface area (Å²) in [6, 6.07) is 11.8. The van der Waals surface area contributed by atoms with Gasteiger partial charge in [0.05, 0.1) is 12.3 Å². The molecule has 0 saturated carbocycles. The monoisotopic (exact) mass is 301 g/mol. The molecule has 0 fully saturated rings. The number of nitrogens with two attached hydrogens (primary N) is 1. The molecule has 6 heteroatoms. The quantitative estimate of drug-likeness (QED) is 0.829. The number of ether oxygens (including phenoxy) is 1. The van der Waals surface area contributed by atoms with E-state index in [-0.39, 0.29) is 17.2 Å². The maximum atomic E-state index is 11.8. The van der Waals surface area contributed by atoms with E-state index in [9.17, 15) is 10.1 Å². The van der Waals surface area contributed by atoms with Crippen LogP contribution in [0, 0.1) is 11.3 Å². The molecular formula is C15H15N3O2S. The van der Waals surface area contributed by atoms with E-state index >= 15 is 0 Å². The summed E-state index contributed by atoms with van der Waals surface area (Å²) in [7, 11) is 0. The topological polar surface area (TPSA) is 88.1 Å². The molecule has 0 saturated heterocycles. The highest BCUT2D eigenvalue weighted by atomic mass is 32.1. The van der Waals surface area contributed by atoms with Crippen LogP contribution in [0.15, 0.2) is 30.3 Å². The maximum Gasteiger partial charge on any atom is 0.350 e. The highest BCUT2D eigenvalue weighted by Crippen LogP contribution is 2.35. The van der Waals surface area contributed by atoms with Crippen molar-refractivity contribution in [3.8, 4) is 6.07 Å². The normalized spacial score (nSPS) is 9.90. The lowest BCUT2D eigenvalue weighted by molar-refractivity contribution is 0.0533. The summed E-state index contributed by atoms with van der Waals surface area (Å²) in [6.45, 7) is 2.55. The molecule has 0 aliphatic heterocycles. The second-order valence-corrected chi connectivity index (χ2v) is 5.24. The molecule has 2 rings (SSSR count). The number of nitrogens with one attached hydrogen (secondary N) is 1. The summed E-state index contributed by atoms with van der Waals surface area (Å²) in [5, 5.41) is 12.9. The standard InChI is InChI=1S/C15H15N3O2S/c1-2-20-15(19)13-12(17)11(8-16)14(21-13)18-9-10-6-4-3-5-7-10/h3-7,18H,2,9,17H2,1H3. The summed E-state index contributed by atoms with van der Waals surface area (Å²) in [5.41, 5.74) is 7.40. The van der Waals surface area contributed by atoms with Crippen molar-refractivity contribution >= 4 is 28.0 Å². The molecule has 0 aliphatic carbocycles. The highest BCUT2D eigenvalue weighted by Gasteiger charge is 2.21. The van der Waals surface area contributed by atoms with Crippen molar-refractivity contribution in [2.24, 2.45) is 0 Å². The molecule has 0 aliphatic rings. The average molecular weight is 301 g/mol. The number of nitriles is 1. The van der Waals surface area contributed by atoms with Crippen molar-refractivity contribution in [2.45, 2.75) is 13.5 Å². The molecule has 3 N–H and O–H groups in total. The molecule has 0 unspecified atom stereocenters. The fourth-order valence-electron chi connectivity index (χ4n) is 1.81. The van der Waals surface area contributed by atoms with Crippen LogP contribution >= 0.6 is 11.3 Å². The summed E-state index contributed by atoms with van der Waals surface area (Å²) in [4.78, 5) is 12.1. The number of carbonyl (C=O) groups excluding carboxylic acids is 1. The van der Waals surface area contributed by atoms with Crippen molar-refractivity contribution in [2.75, 3.05) is 17.7 Å². The van der Waals surface area contributed by atoms with E-state index < -0.39 is 5.97 Å². The first-order valence-electron chi connectivity index (χ1n) is 6.44. The molecule has 1 heterocycles. The van der Waals surface area contributed by atoms with Crippen LogP contribution in [0.2, 0.25) is 0 Å². The number of rotatable bonds is 5. The van der Waals surface area contributed by atoms with Gasteiger partial charge in [-0.1, -0.05) is 30.3 Å². The van der Waals surface area contributed by atoms with Crippen LogP contribution in [0.4, 0.5) is 10.7 Å². The van der Waals surface area contributed by atoms with Gasteiger partial charge in [-0.2, -0.15) is 5.26 Å². The van der Waals surface area contributed by atoms with Crippen LogP contribution in [0.3, 0.4) is 0 Å². The van der Waals surface area contributed by atoms with Crippen molar-refractivity contribution in [1.82, 2.24) is 0 Å². The van der Waals surface area contributed by atoms with Gasteiger partial charge in [0.1, 0.15) is 21.5 Å².